The van der Waals surface area contributed by atoms with Gasteiger partial charge in [-0.15, -0.1) is 0 Å². The molecule has 0 bridgehead atoms. The van der Waals surface area contributed by atoms with Crippen LogP contribution in [0.15, 0.2) is 18.6 Å². The second-order valence-electron chi connectivity index (χ2n) is 2.73. The predicted molar refractivity (Wildman–Crippen MR) is 45.4 cm³/mol. The first-order valence-corrected chi connectivity index (χ1v) is 3.74. The number of ether oxygens (including phenoxy) is 1. The lowest BCUT2D eigenvalue weighted by molar-refractivity contribution is 0.00609. The van der Waals surface area contributed by atoms with Crippen LogP contribution in [-0.2, 0) is 10.3 Å². The summed E-state index contributed by atoms with van der Waals surface area (Å²) in [4.78, 5) is 8.07. The van der Waals surface area contributed by atoms with Gasteiger partial charge in [-0.25, -0.2) is 0 Å². The van der Waals surface area contributed by atoms with E-state index in [1.165, 1.54) is 0 Å². The lowest BCUT2D eigenvalue weighted by atomic mass is 10.0. The Bertz CT molecular complexity index is 233. The zero-order chi connectivity index (χ0) is 9.03. The fraction of sp³-hybridized carbons (Fsp3) is 0.500. The molecule has 0 aromatic carbocycles. The highest BCUT2D eigenvalue weighted by Crippen LogP contribution is 2.19. The smallest absolute Gasteiger partial charge is 0.120 e. The lowest BCUT2D eigenvalue weighted by Gasteiger charge is -2.24. The second-order valence-corrected chi connectivity index (χ2v) is 2.73. The zero-order valence-corrected chi connectivity index (χ0v) is 7.32. The Morgan fingerprint density at radius 2 is 2.33 bits per heavy atom. The predicted octanol–water partition coefficient (Wildman–Crippen LogP) is 0.297. The number of hydrogen-bond acceptors (Lipinski definition) is 4. The summed E-state index contributed by atoms with van der Waals surface area (Å²) in [5, 5.41) is 0. The second kappa shape index (κ2) is 3.60. The molecular formula is C8H13N3O. The topological polar surface area (TPSA) is 61.0 Å². The zero-order valence-electron chi connectivity index (χ0n) is 7.32. The van der Waals surface area contributed by atoms with E-state index >= 15 is 0 Å². The number of nitrogens with zero attached hydrogens (tertiary/aromatic N) is 2. The van der Waals surface area contributed by atoms with Crippen LogP contribution >= 0.6 is 0 Å². The van der Waals surface area contributed by atoms with Gasteiger partial charge in [-0.3, -0.25) is 9.97 Å². The van der Waals surface area contributed by atoms with Crippen molar-refractivity contribution >= 4 is 0 Å². The van der Waals surface area contributed by atoms with Crippen molar-refractivity contribution in [1.82, 2.24) is 9.97 Å². The molecule has 12 heavy (non-hydrogen) atoms. The molecule has 0 aliphatic carbocycles. The molecule has 4 nitrogen and oxygen atoms in total. The maximum Gasteiger partial charge on any atom is 0.120 e. The molecule has 66 valence electrons. The Morgan fingerprint density at radius 3 is 2.75 bits per heavy atom. The average molecular weight is 167 g/mol. The first kappa shape index (κ1) is 9.09. The van der Waals surface area contributed by atoms with E-state index in [2.05, 4.69) is 9.97 Å². The van der Waals surface area contributed by atoms with Crippen molar-refractivity contribution < 1.29 is 4.74 Å². The van der Waals surface area contributed by atoms with E-state index in [0.29, 0.717) is 6.54 Å². The summed E-state index contributed by atoms with van der Waals surface area (Å²) in [6.45, 7) is 2.28. The van der Waals surface area contributed by atoms with Gasteiger partial charge in [0.2, 0.25) is 0 Å². The van der Waals surface area contributed by atoms with Gasteiger partial charge < -0.3 is 10.5 Å². The van der Waals surface area contributed by atoms with E-state index in [-0.39, 0.29) is 0 Å². The Kier molecular flexibility index (Phi) is 2.73. The van der Waals surface area contributed by atoms with Crippen LogP contribution in [0.2, 0.25) is 0 Å². The molecule has 1 unspecified atom stereocenters. The molecule has 0 spiro atoms. The molecule has 0 radical (unpaired) electrons. The highest BCUT2D eigenvalue weighted by molar-refractivity contribution is 5.07. The maximum atomic E-state index is 5.56. The summed E-state index contributed by atoms with van der Waals surface area (Å²) in [5.74, 6) is 0. The monoisotopic (exact) mass is 167 g/mol. The van der Waals surface area contributed by atoms with Crippen molar-refractivity contribution in [2.45, 2.75) is 12.5 Å². The molecule has 4 heteroatoms. The summed E-state index contributed by atoms with van der Waals surface area (Å²) in [7, 11) is 1.61. The van der Waals surface area contributed by atoms with Gasteiger partial charge in [0.25, 0.3) is 0 Å². The molecule has 1 atom stereocenters. The molecule has 0 fully saturated rings. The first-order chi connectivity index (χ1) is 5.73. The fourth-order valence-electron chi connectivity index (χ4n) is 0.865. The van der Waals surface area contributed by atoms with Crippen LogP contribution in [-0.4, -0.2) is 23.6 Å². The highest BCUT2D eigenvalue weighted by Gasteiger charge is 2.25. The highest BCUT2D eigenvalue weighted by atomic mass is 16.5. The molecule has 0 aliphatic heterocycles. The van der Waals surface area contributed by atoms with Gasteiger partial charge in [-0.2, -0.15) is 0 Å². The van der Waals surface area contributed by atoms with Gasteiger partial charge in [0, 0.05) is 26.0 Å². The minimum absolute atomic E-state index is 0.391. The van der Waals surface area contributed by atoms with E-state index in [9.17, 15) is 0 Å². The Hall–Kier alpha value is -1.00. The number of nitrogens with two attached hydrogens (primary N) is 1. The third-order valence-electron chi connectivity index (χ3n) is 1.95. The van der Waals surface area contributed by atoms with E-state index in [1.807, 2.05) is 6.92 Å². The molecule has 1 rings (SSSR count). The minimum Gasteiger partial charge on any atom is -0.371 e. The maximum absolute atomic E-state index is 5.56. The first-order valence-electron chi connectivity index (χ1n) is 3.74. The summed E-state index contributed by atoms with van der Waals surface area (Å²) in [6.07, 6.45) is 4.91. The van der Waals surface area contributed by atoms with E-state index < -0.39 is 5.60 Å². The molecular weight excluding hydrogens is 154 g/mol. The van der Waals surface area contributed by atoms with Gasteiger partial charge in [0.05, 0.1) is 11.9 Å². The van der Waals surface area contributed by atoms with Crippen LogP contribution in [0.5, 0.6) is 0 Å². The van der Waals surface area contributed by atoms with Gasteiger partial charge in [0.1, 0.15) is 5.60 Å². The van der Waals surface area contributed by atoms with Gasteiger partial charge in [-0.1, -0.05) is 0 Å². The van der Waals surface area contributed by atoms with E-state index in [0.717, 1.165) is 5.69 Å². The number of methoxy groups -OCH3 is 1. The third kappa shape index (κ3) is 1.60. The molecule has 2 N–H and O–H groups in total. The summed E-state index contributed by atoms with van der Waals surface area (Å²) in [5.41, 5.74) is 5.80. The van der Waals surface area contributed by atoms with Crippen LogP contribution in [0.3, 0.4) is 0 Å². The van der Waals surface area contributed by atoms with Crippen molar-refractivity contribution in [2.24, 2.45) is 5.73 Å². The molecule has 0 amide bonds. The summed E-state index contributed by atoms with van der Waals surface area (Å²) in [6, 6.07) is 0. The number of hydrogen-bond donors (Lipinski definition) is 1. The van der Waals surface area contributed by atoms with Gasteiger partial charge >= 0.3 is 0 Å². The van der Waals surface area contributed by atoms with Crippen molar-refractivity contribution in [3.8, 4) is 0 Å². The van der Waals surface area contributed by atoms with Crippen molar-refractivity contribution in [1.29, 1.82) is 0 Å². The molecule has 0 aliphatic rings. The summed E-state index contributed by atoms with van der Waals surface area (Å²) >= 11 is 0. The van der Waals surface area contributed by atoms with Crippen LogP contribution in [0.4, 0.5) is 0 Å². The van der Waals surface area contributed by atoms with Gasteiger partial charge in [-0.05, 0) is 6.92 Å². The average Bonchev–Trinajstić information content (AvgIpc) is 2.18. The molecule has 0 saturated carbocycles. The van der Waals surface area contributed by atoms with E-state index in [1.54, 1.807) is 25.7 Å². The normalized spacial score (nSPS) is 15.6. The number of rotatable bonds is 3. The Labute approximate surface area is 71.8 Å². The summed E-state index contributed by atoms with van der Waals surface area (Å²) < 4.78 is 5.25. The quantitative estimate of drug-likeness (QED) is 0.703. The van der Waals surface area contributed by atoms with Crippen LogP contribution in [0.1, 0.15) is 12.6 Å². The number of aromatic nitrogens is 2. The van der Waals surface area contributed by atoms with Crippen LogP contribution in [0.25, 0.3) is 0 Å². The van der Waals surface area contributed by atoms with Crippen LogP contribution in [0, 0.1) is 0 Å². The molecule has 1 aromatic heterocycles. The van der Waals surface area contributed by atoms with Crippen molar-refractivity contribution in [3.05, 3.63) is 24.3 Å². The Morgan fingerprint density at radius 1 is 1.58 bits per heavy atom. The largest absolute Gasteiger partial charge is 0.371 e. The lowest BCUT2D eigenvalue weighted by Crippen LogP contribution is -2.34. The molecule has 1 aromatic rings. The van der Waals surface area contributed by atoms with E-state index in [4.69, 9.17) is 10.5 Å². The Balaban J connectivity index is 2.95. The minimum atomic E-state index is -0.520. The fourth-order valence-corrected chi connectivity index (χ4v) is 0.865. The van der Waals surface area contributed by atoms with Crippen LogP contribution < -0.4 is 5.73 Å². The SMILES string of the molecule is COC(C)(CN)c1cnccn1. The third-order valence-corrected chi connectivity index (χ3v) is 1.95. The van der Waals surface area contributed by atoms with Crippen molar-refractivity contribution in [3.63, 3.8) is 0 Å². The standard InChI is InChI=1S/C8H13N3O/c1-8(6-9,12-2)7-5-10-3-4-11-7/h3-5H,6,9H2,1-2H3. The molecule has 1 heterocycles. The molecule has 0 saturated heterocycles. The van der Waals surface area contributed by atoms with Crippen molar-refractivity contribution in [2.75, 3.05) is 13.7 Å². The van der Waals surface area contributed by atoms with Gasteiger partial charge in [0.15, 0.2) is 0 Å².